The van der Waals surface area contributed by atoms with Gasteiger partial charge in [0, 0.05) is 45.0 Å². The number of guanidine groups is 1. The van der Waals surface area contributed by atoms with E-state index in [0.29, 0.717) is 13.2 Å². The number of sulfone groups is 1. The largest absolute Gasteiger partial charge is 0.378 e. The molecular formula is C21H43IN4O3S. The van der Waals surface area contributed by atoms with Gasteiger partial charge in [0.15, 0.2) is 5.96 Å². The molecule has 1 aliphatic carbocycles. The van der Waals surface area contributed by atoms with Gasteiger partial charge in [-0.2, -0.15) is 0 Å². The molecule has 0 atom stereocenters. The molecular weight excluding hydrogens is 515 g/mol. The number of piperazine rings is 1. The second-order valence-electron chi connectivity index (χ2n) is 8.81. The highest BCUT2D eigenvalue weighted by atomic mass is 127. The SMILES string of the molecule is CCNC(=NCCOCCS(C)(=O)=O)N1CCN(C2CCC(C(C)C)CC2)CC1.I. The summed E-state index contributed by atoms with van der Waals surface area (Å²) in [6.45, 7) is 13.1. The summed E-state index contributed by atoms with van der Waals surface area (Å²) in [6.07, 6.45) is 6.69. The van der Waals surface area contributed by atoms with Crippen molar-refractivity contribution in [1.29, 1.82) is 0 Å². The molecule has 0 amide bonds. The fraction of sp³-hybridized carbons (Fsp3) is 0.952. The van der Waals surface area contributed by atoms with E-state index in [9.17, 15) is 8.42 Å². The molecule has 0 aromatic rings. The minimum Gasteiger partial charge on any atom is -0.378 e. The molecule has 0 unspecified atom stereocenters. The molecule has 7 nitrogen and oxygen atoms in total. The summed E-state index contributed by atoms with van der Waals surface area (Å²) in [4.78, 5) is 9.71. The Morgan fingerprint density at radius 1 is 1.10 bits per heavy atom. The Bertz CT molecular complexity index is 599. The Hall–Kier alpha value is -0.130. The van der Waals surface area contributed by atoms with Gasteiger partial charge in [0.25, 0.3) is 0 Å². The maximum absolute atomic E-state index is 11.1. The molecule has 2 aliphatic rings. The van der Waals surface area contributed by atoms with Crippen LogP contribution in [0.4, 0.5) is 0 Å². The molecule has 0 spiro atoms. The van der Waals surface area contributed by atoms with E-state index in [2.05, 4.69) is 40.9 Å². The molecule has 178 valence electrons. The Balaban J connectivity index is 0.00000450. The average Bonchev–Trinajstić information content (AvgIpc) is 2.69. The van der Waals surface area contributed by atoms with Gasteiger partial charge >= 0.3 is 0 Å². The van der Waals surface area contributed by atoms with Crippen molar-refractivity contribution in [2.75, 3.05) is 64.5 Å². The predicted octanol–water partition coefficient (Wildman–Crippen LogP) is 2.46. The predicted molar refractivity (Wildman–Crippen MR) is 136 cm³/mol. The molecule has 9 heteroatoms. The van der Waals surface area contributed by atoms with E-state index < -0.39 is 9.84 Å². The molecule has 1 saturated carbocycles. The highest BCUT2D eigenvalue weighted by Gasteiger charge is 2.29. The van der Waals surface area contributed by atoms with E-state index in [1.54, 1.807) is 0 Å². The van der Waals surface area contributed by atoms with Crippen molar-refractivity contribution in [2.24, 2.45) is 16.8 Å². The van der Waals surface area contributed by atoms with Crippen molar-refractivity contribution in [3.63, 3.8) is 0 Å². The van der Waals surface area contributed by atoms with Crippen molar-refractivity contribution in [3.8, 4) is 0 Å². The third-order valence-electron chi connectivity index (χ3n) is 6.24. The molecule has 1 heterocycles. The first kappa shape index (κ1) is 27.9. The zero-order valence-corrected chi connectivity index (χ0v) is 22.5. The number of ether oxygens (including phenoxy) is 1. The Morgan fingerprint density at radius 3 is 2.27 bits per heavy atom. The van der Waals surface area contributed by atoms with Crippen LogP contribution in [-0.2, 0) is 14.6 Å². The van der Waals surface area contributed by atoms with Crippen LogP contribution >= 0.6 is 24.0 Å². The first-order chi connectivity index (χ1) is 13.8. The van der Waals surface area contributed by atoms with Crippen molar-refractivity contribution in [3.05, 3.63) is 0 Å². The van der Waals surface area contributed by atoms with Gasteiger partial charge in [-0.05, 0) is 44.4 Å². The molecule has 1 N–H and O–H groups in total. The van der Waals surface area contributed by atoms with Gasteiger partial charge in [0.2, 0.25) is 0 Å². The number of rotatable bonds is 9. The van der Waals surface area contributed by atoms with Gasteiger partial charge in [0.1, 0.15) is 9.84 Å². The van der Waals surface area contributed by atoms with E-state index >= 15 is 0 Å². The van der Waals surface area contributed by atoms with Crippen LogP contribution in [0.2, 0.25) is 0 Å². The van der Waals surface area contributed by atoms with Crippen LogP contribution in [0.25, 0.3) is 0 Å². The van der Waals surface area contributed by atoms with Crippen LogP contribution in [0.3, 0.4) is 0 Å². The zero-order valence-electron chi connectivity index (χ0n) is 19.3. The van der Waals surface area contributed by atoms with Gasteiger partial charge in [-0.25, -0.2) is 8.42 Å². The van der Waals surface area contributed by atoms with Gasteiger partial charge in [-0.1, -0.05) is 13.8 Å². The number of nitrogens with one attached hydrogen (secondary N) is 1. The molecule has 2 rings (SSSR count). The lowest BCUT2D eigenvalue weighted by atomic mass is 9.79. The number of aliphatic imine (C=N–C) groups is 1. The molecule has 0 radical (unpaired) electrons. The first-order valence-corrected chi connectivity index (χ1v) is 13.4. The monoisotopic (exact) mass is 558 g/mol. The minimum absolute atomic E-state index is 0. The van der Waals surface area contributed by atoms with E-state index in [4.69, 9.17) is 4.74 Å². The zero-order chi connectivity index (χ0) is 21.3. The maximum atomic E-state index is 11.1. The molecule has 30 heavy (non-hydrogen) atoms. The lowest BCUT2D eigenvalue weighted by Gasteiger charge is -2.43. The number of hydrogen-bond donors (Lipinski definition) is 1. The molecule has 1 saturated heterocycles. The maximum Gasteiger partial charge on any atom is 0.194 e. The summed E-state index contributed by atoms with van der Waals surface area (Å²) >= 11 is 0. The third-order valence-corrected chi connectivity index (χ3v) is 7.15. The highest BCUT2D eigenvalue weighted by Crippen LogP contribution is 2.32. The summed E-state index contributed by atoms with van der Waals surface area (Å²) in [7, 11) is -2.96. The molecule has 0 bridgehead atoms. The van der Waals surface area contributed by atoms with Gasteiger partial charge in [-0.3, -0.25) is 9.89 Å². The minimum atomic E-state index is -2.96. The van der Waals surface area contributed by atoms with Crippen LogP contribution in [-0.4, -0.2) is 94.7 Å². The summed E-state index contributed by atoms with van der Waals surface area (Å²) in [5, 5.41) is 3.39. The Labute approximate surface area is 201 Å². The second kappa shape index (κ2) is 14.1. The van der Waals surface area contributed by atoms with Crippen LogP contribution in [0.5, 0.6) is 0 Å². The Morgan fingerprint density at radius 2 is 1.73 bits per heavy atom. The van der Waals surface area contributed by atoms with Gasteiger partial charge in [-0.15, -0.1) is 24.0 Å². The number of hydrogen-bond acceptors (Lipinski definition) is 5. The van der Waals surface area contributed by atoms with Gasteiger partial charge < -0.3 is 15.0 Å². The summed E-state index contributed by atoms with van der Waals surface area (Å²) in [5.41, 5.74) is 0. The van der Waals surface area contributed by atoms with Crippen LogP contribution in [0.15, 0.2) is 4.99 Å². The quantitative estimate of drug-likeness (QED) is 0.203. The molecule has 1 aliphatic heterocycles. The summed E-state index contributed by atoms with van der Waals surface area (Å²) in [5.74, 6) is 2.75. The average molecular weight is 559 g/mol. The molecule has 0 aromatic carbocycles. The van der Waals surface area contributed by atoms with Crippen LogP contribution in [0, 0.1) is 11.8 Å². The first-order valence-electron chi connectivity index (χ1n) is 11.3. The van der Waals surface area contributed by atoms with Gasteiger partial charge in [0.05, 0.1) is 25.5 Å². The van der Waals surface area contributed by atoms with Crippen molar-refractivity contribution in [1.82, 2.24) is 15.1 Å². The smallest absolute Gasteiger partial charge is 0.194 e. The summed E-state index contributed by atoms with van der Waals surface area (Å²) in [6, 6.07) is 0.759. The van der Waals surface area contributed by atoms with E-state index in [0.717, 1.165) is 56.6 Å². The lowest BCUT2D eigenvalue weighted by Crippen LogP contribution is -2.55. The second-order valence-corrected chi connectivity index (χ2v) is 11.1. The van der Waals surface area contributed by atoms with E-state index in [1.165, 1.54) is 31.9 Å². The molecule has 0 aromatic heterocycles. The number of halogens is 1. The topological polar surface area (TPSA) is 74.2 Å². The normalized spacial score (nSPS) is 24.0. The Kier molecular flexibility index (Phi) is 13.1. The van der Waals surface area contributed by atoms with E-state index in [1.807, 2.05) is 0 Å². The van der Waals surface area contributed by atoms with E-state index in [-0.39, 0.29) is 36.3 Å². The van der Waals surface area contributed by atoms with Crippen LogP contribution < -0.4 is 5.32 Å². The van der Waals surface area contributed by atoms with Crippen molar-refractivity contribution >= 4 is 39.8 Å². The third kappa shape index (κ3) is 9.99. The van der Waals surface area contributed by atoms with Crippen molar-refractivity contribution in [2.45, 2.75) is 52.5 Å². The van der Waals surface area contributed by atoms with Crippen LogP contribution in [0.1, 0.15) is 46.5 Å². The summed E-state index contributed by atoms with van der Waals surface area (Å²) < 4.78 is 27.7. The lowest BCUT2D eigenvalue weighted by molar-refractivity contribution is 0.0863. The number of nitrogens with zero attached hydrogens (tertiary/aromatic N) is 3. The standard InChI is InChI=1S/C21H42N4O3S.HI/c1-5-22-21(23-10-15-28-16-17-29(4,26)27)25-13-11-24(12-14-25)20-8-6-19(7-9-20)18(2)3;/h18-20H,5-17H2,1-4H3,(H,22,23);1H. The highest BCUT2D eigenvalue weighted by molar-refractivity contribution is 14.0. The fourth-order valence-electron chi connectivity index (χ4n) is 4.39. The molecule has 2 fully saturated rings. The van der Waals surface area contributed by atoms with Crippen molar-refractivity contribution < 1.29 is 13.2 Å². The fourth-order valence-corrected chi connectivity index (χ4v) is 4.81.